The Morgan fingerprint density at radius 2 is 1.76 bits per heavy atom. The van der Waals surface area contributed by atoms with Crippen LogP contribution in [-0.2, 0) is 19.6 Å². The maximum absolute atomic E-state index is 12.9. The van der Waals surface area contributed by atoms with E-state index in [2.05, 4.69) is 15.4 Å². The summed E-state index contributed by atoms with van der Waals surface area (Å²) in [6.07, 6.45) is 5.41. The summed E-state index contributed by atoms with van der Waals surface area (Å²) in [6, 6.07) is 15.0. The molecule has 2 heterocycles. The van der Waals surface area contributed by atoms with Crippen molar-refractivity contribution < 1.29 is 4.79 Å². The Kier molecular flexibility index (Phi) is 5.20. The summed E-state index contributed by atoms with van der Waals surface area (Å²) < 4.78 is 3.30. The molecule has 0 spiro atoms. The molecule has 0 saturated heterocycles. The molecule has 0 saturated carbocycles. The zero-order valence-electron chi connectivity index (χ0n) is 16.1. The zero-order valence-corrected chi connectivity index (χ0v) is 16.1. The Labute approximate surface area is 167 Å². The standard InChI is InChI=1S/C22H21N5O2/c1-2-27-22(29)19-10-6-5-9-18(19)20(25-27)21(28)24-13-16-7-3-4-8-17(16)14-26-12-11-23-15-26/h3-12,15H,2,13-14H2,1H3,(H,24,28). The molecule has 0 bridgehead atoms. The summed E-state index contributed by atoms with van der Waals surface area (Å²) in [7, 11) is 0. The van der Waals surface area contributed by atoms with E-state index in [1.54, 1.807) is 36.8 Å². The molecule has 7 nitrogen and oxygen atoms in total. The number of carbonyl (C=O) groups excluding carboxylic acids is 1. The van der Waals surface area contributed by atoms with Gasteiger partial charge in [0.25, 0.3) is 11.5 Å². The fourth-order valence-corrected chi connectivity index (χ4v) is 3.34. The number of amides is 1. The fourth-order valence-electron chi connectivity index (χ4n) is 3.34. The molecule has 1 N–H and O–H groups in total. The highest BCUT2D eigenvalue weighted by Gasteiger charge is 2.16. The van der Waals surface area contributed by atoms with Crippen molar-refractivity contribution in [1.82, 2.24) is 24.6 Å². The van der Waals surface area contributed by atoms with Gasteiger partial charge in [0.15, 0.2) is 5.69 Å². The van der Waals surface area contributed by atoms with Crippen LogP contribution in [0.4, 0.5) is 0 Å². The minimum absolute atomic E-state index is 0.190. The molecule has 0 atom stereocenters. The van der Waals surface area contributed by atoms with Crippen LogP contribution in [-0.4, -0.2) is 25.2 Å². The first-order chi connectivity index (χ1) is 14.2. The predicted octanol–water partition coefficient (Wildman–Crippen LogP) is 2.59. The summed E-state index contributed by atoms with van der Waals surface area (Å²) in [5.74, 6) is -0.305. The second kappa shape index (κ2) is 8.10. The summed E-state index contributed by atoms with van der Waals surface area (Å²) in [5.41, 5.74) is 2.18. The summed E-state index contributed by atoms with van der Waals surface area (Å²) in [6.45, 7) is 3.27. The third-order valence-electron chi connectivity index (χ3n) is 4.85. The van der Waals surface area contributed by atoms with Crippen molar-refractivity contribution in [1.29, 1.82) is 0 Å². The van der Waals surface area contributed by atoms with Gasteiger partial charge in [0.2, 0.25) is 0 Å². The molecular formula is C22H21N5O2. The van der Waals surface area contributed by atoms with Gasteiger partial charge in [-0.2, -0.15) is 5.10 Å². The lowest BCUT2D eigenvalue weighted by molar-refractivity contribution is 0.0945. The molecular weight excluding hydrogens is 366 g/mol. The molecule has 0 aliphatic rings. The quantitative estimate of drug-likeness (QED) is 0.551. The third kappa shape index (κ3) is 3.80. The van der Waals surface area contributed by atoms with Gasteiger partial charge in [-0.05, 0) is 24.1 Å². The van der Waals surface area contributed by atoms with E-state index in [4.69, 9.17) is 0 Å². The van der Waals surface area contributed by atoms with Gasteiger partial charge in [0, 0.05) is 37.4 Å². The smallest absolute Gasteiger partial charge is 0.274 e. The maximum Gasteiger partial charge on any atom is 0.274 e. The lowest BCUT2D eigenvalue weighted by Crippen LogP contribution is -2.30. The minimum atomic E-state index is -0.305. The van der Waals surface area contributed by atoms with Crippen LogP contribution in [0.3, 0.4) is 0 Å². The topological polar surface area (TPSA) is 81.8 Å². The van der Waals surface area contributed by atoms with Crippen LogP contribution >= 0.6 is 0 Å². The Hall–Kier alpha value is -3.74. The van der Waals surface area contributed by atoms with Crippen LogP contribution in [0.1, 0.15) is 28.5 Å². The number of fused-ring (bicyclic) bond motifs is 1. The van der Waals surface area contributed by atoms with Gasteiger partial charge in [-0.1, -0.05) is 42.5 Å². The van der Waals surface area contributed by atoms with Crippen LogP contribution in [0.5, 0.6) is 0 Å². The van der Waals surface area contributed by atoms with Crippen molar-refractivity contribution in [2.75, 3.05) is 0 Å². The van der Waals surface area contributed by atoms with E-state index in [0.717, 1.165) is 11.1 Å². The van der Waals surface area contributed by atoms with E-state index in [9.17, 15) is 9.59 Å². The molecule has 0 fully saturated rings. The largest absolute Gasteiger partial charge is 0.347 e. The monoisotopic (exact) mass is 387 g/mol. The number of nitrogens with zero attached hydrogens (tertiary/aromatic N) is 4. The van der Waals surface area contributed by atoms with Gasteiger partial charge < -0.3 is 9.88 Å². The Morgan fingerprint density at radius 1 is 1.03 bits per heavy atom. The molecule has 4 rings (SSSR count). The molecule has 0 aliphatic carbocycles. The first-order valence-corrected chi connectivity index (χ1v) is 9.48. The number of imidazole rings is 1. The van der Waals surface area contributed by atoms with Gasteiger partial charge in [0.05, 0.1) is 11.7 Å². The summed E-state index contributed by atoms with van der Waals surface area (Å²) in [4.78, 5) is 29.5. The Bertz CT molecular complexity index is 1210. The summed E-state index contributed by atoms with van der Waals surface area (Å²) in [5, 5.41) is 8.31. The van der Waals surface area contributed by atoms with Crippen LogP contribution in [0.25, 0.3) is 10.8 Å². The Morgan fingerprint density at radius 3 is 2.48 bits per heavy atom. The number of aryl methyl sites for hydroxylation is 1. The third-order valence-corrected chi connectivity index (χ3v) is 4.85. The molecule has 2 aromatic heterocycles. The molecule has 1 amide bonds. The number of aromatic nitrogens is 4. The predicted molar refractivity (Wildman–Crippen MR) is 111 cm³/mol. The van der Waals surface area contributed by atoms with Gasteiger partial charge in [0.1, 0.15) is 0 Å². The van der Waals surface area contributed by atoms with Crippen molar-refractivity contribution in [2.45, 2.75) is 26.6 Å². The lowest BCUT2D eigenvalue weighted by atomic mass is 10.1. The molecule has 4 aromatic rings. The van der Waals surface area contributed by atoms with Crippen molar-refractivity contribution in [2.24, 2.45) is 0 Å². The normalized spacial score (nSPS) is 10.9. The molecule has 2 aromatic carbocycles. The zero-order chi connectivity index (χ0) is 20.2. The highest BCUT2D eigenvalue weighted by Crippen LogP contribution is 2.15. The fraction of sp³-hybridized carbons (Fsp3) is 0.182. The highest BCUT2D eigenvalue weighted by atomic mass is 16.2. The van der Waals surface area contributed by atoms with E-state index >= 15 is 0 Å². The van der Waals surface area contributed by atoms with Crippen LogP contribution in [0.2, 0.25) is 0 Å². The minimum Gasteiger partial charge on any atom is -0.347 e. The molecule has 0 unspecified atom stereocenters. The van der Waals surface area contributed by atoms with Crippen molar-refractivity contribution in [3.63, 3.8) is 0 Å². The first kappa shape index (κ1) is 18.6. The number of rotatable bonds is 6. The maximum atomic E-state index is 12.9. The SMILES string of the molecule is CCn1nc(C(=O)NCc2ccccc2Cn2ccnc2)c2ccccc2c1=O. The summed E-state index contributed by atoms with van der Waals surface area (Å²) >= 11 is 0. The lowest BCUT2D eigenvalue weighted by Gasteiger charge is -2.13. The van der Waals surface area contributed by atoms with Crippen molar-refractivity contribution in [3.05, 3.63) is 94.4 Å². The molecule has 0 radical (unpaired) electrons. The average Bonchev–Trinajstić information content (AvgIpc) is 3.26. The van der Waals surface area contributed by atoms with E-state index in [1.165, 1.54) is 4.68 Å². The molecule has 29 heavy (non-hydrogen) atoms. The molecule has 146 valence electrons. The van der Waals surface area contributed by atoms with Crippen molar-refractivity contribution >= 4 is 16.7 Å². The Balaban J connectivity index is 1.60. The van der Waals surface area contributed by atoms with E-state index < -0.39 is 0 Å². The molecule has 7 heteroatoms. The number of hydrogen-bond acceptors (Lipinski definition) is 4. The van der Waals surface area contributed by atoms with Crippen LogP contribution in [0, 0.1) is 0 Å². The van der Waals surface area contributed by atoms with E-state index in [1.807, 2.05) is 42.0 Å². The van der Waals surface area contributed by atoms with Crippen molar-refractivity contribution in [3.8, 4) is 0 Å². The average molecular weight is 387 g/mol. The van der Waals surface area contributed by atoms with E-state index in [-0.39, 0.29) is 17.2 Å². The van der Waals surface area contributed by atoms with E-state index in [0.29, 0.717) is 30.4 Å². The molecule has 0 aliphatic heterocycles. The number of hydrogen-bond donors (Lipinski definition) is 1. The highest BCUT2D eigenvalue weighted by molar-refractivity contribution is 6.04. The number of benzene rings is 2. The van der Waals surface area contributed by atoms with Gasteiger partial charge in [-0.3, -0.25) is 9.59 Å². The van der Waals surface area contributed by atoms with Gasteiger partial charge in [-0.25, -0.2) is 9.67 Å². The van der Waals surface area contributed by atoms with Gasteiger partial charge in [-0.15, -0.1) is 0 Å². The number of carbonyl (C=O) groups is 1. The van der Waals surface area contributed by atoms with Crippen LogP contribution in [0.15, 0.2) is 72.0 Å². The first-order valence-electron chi connectivity index (χ1n) is 9.48. The number of nitrogens with one attached hydrogen (secondary N) is 1. The van der Waals surface area contributed by atoms with Crippen LogP contribution < -0.4 is 10.9 Å². The second-order valence-electron chi connectivity index (χ2n) is 6.70. The van der Waals surface area contributed by atoms with Gasteiger partial charge >= 0.3 is 0 Å². The second-order valence-corrected chi connectivity index (χ2v) is 6.70.